The molecule has 0 bridgehead atoms. The number of likely N-dealkylation sites (tertiary alicyclic amines) is 2. The van der Waals surface area contributed by atoms with Crippen molar-refractivity contribution in [3.63, 3.8) is 0 Å². The van der Waals surface area contributed by atoms with E-state index in [1.165, 1.54) is 23.5 Å². The zero-order valence-corrected chi connectivity index (χ0v) is 26.3. The van der Waals surface area contributed by atoms with E-state index in [2.05, 4.69) is 0 Å². The molecule has 1 aromatic heterocycles. The number of nitrogens with two attached hydrogens (primary N) is 1. The molecule has 0 aliphatic carbocycles. The molecule has 2 saturated heterocycles. The smallest absolute Gasteiger partial charge is 0.263 e. The largest absolute Gasteiger partial charge is 0.494 e. The summed E-state index contributed by atoms with van der Waals surface area (Å²) in [5, 5.41) is 9.20. The summed E-state index contributed by atoms with van der Waals surface area (Å²) < 4.78 is 47.1. The average molecular weight is 673 g/mol. The third-order valence-corrected chi connectivity index (χ3v) is 9.76. The van der Waals surface area contributed by atoms with Gasteiger partial charge < -0.3 is 20.5 Å². The van der Waals surface area contributed by atoms with Crippen LogP contribution in [0.15, 0.2) is 48.5 Å². The first-order valence-corrected chi connectivity index (χ1v) is 15.4. The Bertz CT molecular complexity index is 1470. The first kappa shape index (κ1) is 34.1. The minimum atomic E-state index is -2.75. The number of alkyl halides is 2. The third-order valence-electron chi connectivity index (χ3n) is 8.29. The maximum Gasteiger partial charge on any atom is 0.263 e. The van der Waals surface area contributed by atoms with Crippen LogP contribution in [-0.2, 0) is 4.79 Å². The number of amides is 2. The Morgan fingerprint density at radius 3 is 2.23 bits per heavy atom. The molecule has 2 amide bonds. The molecule has 2 aliphatic rings. The monoisotopic (exact) mass is 671 g/mol. The van der Waals surface area contributed by atoms with Crippen molar-refractivity contribution >= 4 is 47.2 Å². The van der Waals surface area contributed by atoms with Crippen LogP contribution in [0.3, 0.4) is 0 Å². The first-order valence-electron chi connectivity index (χ1n) is 14.2. The van der Waals surface area contributed by atoms with Crippen LogP contribution in [0.5, 0.6) is 5.75 Å². The van der Waals surface area contributed by atoms with Gasteiger partial charge in [-0.05, 0) is 54.8 Å². The van der Waals surface area contributed by atoms with E-state index in [0.717, 1.165) is 11.1 Å². The highest BCUT2D eigenvalue weighted by molar-refractivity contribution is 7.18. The van der Waals surface area contributed by atoms with Gasteiger partial charge in [-0.2, -0.15) is 0 Å². The standard InChI is InChI=1S/C31H33ClF3N3O4S.ClH/c32-25-18-21(33)4-7-23(25)27-24(20-2-5-22(6-3-20)42-17-1-16-39)19-26(43-27)28(40)37-12-8-30(9-13-37,29(36)41)38-14-10-31(34,35)11-15-38;/h2-7,18-19,39H,1,8-17H2,(H2,36,41);1H. The Morgan fingerprint density at radius 1 is 0.977 bits per heavy atom. The molecule has 0 spiro atoms. The molecule has 0 unspecified atom stereocenters. The number of primary amides is 1. The molecule has 3 heterocycles. The number of nitrogens with zero attached hydrogens (tertiary/aromatic N) is 2. The van der Waals surface area contributed by atoms with Crippen molar-refractivity contribution in [2.24, 2.45) is 5.73 Å². The van der Waals surface area contributed by atoms with Crippen LogP contribution in [0.4, 0.5) is 13.2 Å². The zero-order valence-electron chi connectivity index (χ0n) is 23.9. The molecule has 7 nitrogen and oxygen atoms in total. The quantitative estimate of drug-likeness (QED) is 0.262. The predicted molar refractivity (Wildman–Crippen MR) is 167 cm³/mol. The number of rotatable bonds is 9. The van der Waals surface area contributed by atoms with Crippen LogP contribution < -0.4 is 10.5 Å². The van der Waals surface area contributed by atoms with E-state index in [9.17, 15) is 22.8 Å². The third kappa shape index (κ3) is 7.18. The highest BCUT2D eigenvalue weighted by atomic mass is 35.5. The second-order valence-corrected chi connectivity index (χ2v) is 12.4. The number of thiophene rings is 1. The maximum absolute atomic E-state index is 13.9. The number of carbonyl (C=O) groups is 2. The van der Waals surface area contributed by atoms with Gasteiger partial charge in [-0.3, -0.25) is 14.5 Å². The Labute approximate surface area is 269 Å². The number of aliphatic hydroxyl groups excluding tert-OH is 1. The van der Waals surface area contributed by atoms with Crippen molar-refractivity contribution < 1.29 is 32.6 Å². The lowest BCUT2D eigenvalue weighted by Crippen LogP contribution is -2.64. The van der Waals surface area contributed by atoms with Gasteiger partial charge in [0.1, 0.15) is 17.1 Å². The molecular formula is C31H34Cl2F3N3O4S. The molecule has 5 rings (SSSR count). The Kier molecular flexibility index (Phi) is 10.9. The summed E-state index contributed by atoms with van der Waals surface area (Å²) in [6, 6.07) is 13.2. The number of hydrogen-bond acceptors (Lipinski definition) is 6. The number of benzene rings is 2. The molecule has 2 aromatic carbocycles. The van der Waals surface area contributed by atoms with Crippen LogP contribution in [0.1, 0.15) is 41.8 Å². The SMILES string of the molecule is Cl.NC(=O)C1(N2CCC(F)(F)CC2)CCN(C(=O)c2cc(-c3ccc(OCCCO)cc3)c(-c3ccc(F)cc3Cl)s2)CC1. The molecule has 238 valence electrons. The van der Waals surface area contributed by atoms with E-state index < -0.39 is 23.2 Å². The van der Waals surface area contributed by atoms with Crippen LogP contribution in [-0.4, -0.2) is 77.6 Å². The lowest BCUT2D eigenvalue weighted by molar-refractivity contribution is -0.140. The van der Waals surface area contributed by atoms with Crippen LogP contribution in [0.25, 0.3) is 21.6 Å². The van der Waals surface area contributed by atoms with Crippen LogP contribution in [0, 0.1) is 5.82 Å². The van der Waals surface area contributed by atoms with Crippen molar-refractivity contribution in [2.45, 2.75) is 43.6 Å². The number of aliphatic hydroxyl groups is 1. The molecule has 3 aromatic rings. The highest BCUT2D eigenvalue weighted by Crippen LogP contribution is 2.44. The lowest BCUT2D eigenvalue weighted by atomic mass is 9.83. The van der Waals surface area contributed by atoms with Gasteiger partial charge in [0.15, 0.2) is 0 Å². The maximum atomic E-state index is 13.9. The second kappa shape index (κ2) is 14.1. The molecule has 0 saturated carbocycles. The van der Waals surface area contributed by atoms with Crippen molar-refractivity contribution in [1.29, 1.82) is 0 Å². The molecule has 0 radical (unpaired) electrons. The van der Waals surface area contributed by atoms with E-state index >= 15 is 0 Å². The van der Waals surface area contributed by atoms with Crippen molar-refractivity contribution in [2.75, 3.05) is 39.4 Å². The molecule has 0 atom stereocenters. The highest BCUT2D eigenvalue weighted by Gasteiger charge is 2.49. The van der Waals surface area contributed by atoms with Gasteiger partial charge in [-0.25, -0.2) is 13.2 Å². The molecule has 3 N–H and O–H groups in total. The van der Waals surface area contributed by atoms with Crippen LogP contribution >= 0.6 is 35.3 Å². The van der Waals surface area contributed by atoms with Crippen molar-refractivity contribution in [1.82, 2.24) is 9.80 Å². The topological polar surface area (TPSA) is 96.1 Å². The summed E-state index contributed by atoms with van der Waals surface area (Å²) in [4.78, 5) is 31.0. The van der Waals surface area contributed by atoms with Crippen molar-refractivity contribution in [3.8, 4) is 27.3 Å². The van der Waals surface area contributed by atoms with Crippen LogP contribution in [0.2, 0.25) is 5.02 Å². The Balaban J connectivity index is 0.00000442. The summed E-state index contributed by atoms with van der Waals surface area (Å²) in [6.07, 6.45) is 0.370. The molecular weight excluding hydrogens is 638 g/mol. The zero-order chi connectivity index (χ0) is 30.8. The van der Waals surface area contributed by atoms with E-state index in [-0.39, 0.29) is 81.8 Å². The predicted octanol–water partition coefficient (Wildman–Crippen LogP) is 6.25. The number of carbonyl (C=O) groups excluding carboxylic acids is 2. The van der Waals surface area contributed by atoms with E-state index in [4.69, 9.17) is 27.2 Å². The summed E-state index contributed by atoms with van der Waals surface area (Å²) in [6.45, 7) is 1.04. The number of hydrogen-bond donors (Lipinski definition) is 2. The van der Waals surface area contributed by atoms with E-state index in [1.54, 1.807) is 34.1 Å². The second-order valence-electron chi connectivity index (χ2n) is 11.0. The molecule has 2 aliphatic heterocycles. The summed E-state index contributed by atoms with van der Waals surface area (Å²) in [7, 11) is 0. The minimum absolute atomic E-state index is 0. The molecule has 44 heavy (non-hydrogen) atoms. The van der Waals surface area contributed by atoms with Gasteiger partial charge in [-0.15, -0.1) is 23.7 Å². The first-order chi connectivity index (χ1) is 20.5. The lowest BCUT2D eigenvalue weighted by Gasteiger charge is -2.48. The molecule has 13 heteroatoms. The van der Waals surface area contributed by atoms with Gasteiger partial charge in [-0.1, -0.05) is 23.7 Å². The Morgan fingerprint density at radius 2 is 1.64 bits per heavy atom. The van der Waals surface area contributed by atoms with Gasteiger partial charge in [0, 0.05) is 68.1 Å². The van der Waals surface area contributed by atoms with E-state index in [0.29, 0.717) is 34.1 Å². The normalized spacial score (nSPS) is 18.0. The number of piperidine rings is 2. The number of ether oxygens (including phenoxy) is 1. The fraction of sp³-hybridized carbons (Fsp3) is 0.419. The van der Waals surface area contributed by atoms with Gasteiger partial charge in [0.25, 0.3) is 11.8 Å². The number of halogens is 5. The summed E-state index contributed by atoms with van der Waals surface area (Å²) >= 11 is 7.69. The summed E-state index contributed by atoms with van der Waals surface area (Å²) in [5.74, 6) is -3.38. The van der Waals surface area contributed by atoms with E-state index in [1.807, 2.05) is 12.1 Å². The fourth-order valence-corrected chi connectivity index (χ4v) is 7.29. The Hall–Kier alpha value is -2.83. The minimum Gasteiger partial charge on any atom is -0.494 e. The van der Waals surface area contributed by atoms with Crippen molar-refractivity contribution in [3.05, 3.63) is 64.2 Å². The van der Waals surface area contributed by atoms with Gasteiger partial charge in [0.05, 0.1) is 16.5 Å². The van der Waals surface area contributed by atoms with Gasteiger partial charge >= 0.3 is 0 Å². The van der Waals surface area contributed by atoms with Gasteiger partial charge in [0.2, 0.25) is 5.91 Å². The fourth-order valence-electron chi connectivity index (χ4n) is 5.79. The average Bonchev–Trinajstić information content (AvgIpc) is 3.42. The molecule has 2 fully saturated rings. The summed E-state index contributed by atoms with van der Waals surface area (Å²) in [5.41, 5.74) is 6.88.